The fourth-order valence-electron chi connectivity index (χ4n) is 2.10. The van der Waals surface area contributed by atoms with Crippen LogP contribution in [-0.4, -0.2) is 9.55 Å². The second kappa shape index (κ2) is 4.35. The van der Waals surface area contributed by atoms with Gasteiger partial charge in [-0.25, -0.2) is 9.37 Å². The zero-order chi connectivity index (χ0) is 13.6. The molecule has 2 aromatic carbocycles. The maximum atomic E-state index is 13.7. The largest absolute Gasteiger partial charge is 0.398 e. The van der Waals surface area contributed by atoms with Gasteiger partial charge < -0.3 is 10.3 Å². The standard InChI is InChI=1S/C14H11BrFN3/c1-19-12-4-2-3-10(16)13(12)18-14(19)8-5-6-11(17)9(15)7-8/h2-7H,17H2,1H3. The first kappa shape index (κ1) is 12.2. The predicted octanol–water partition coefficient (Wildman–Crippen LogP) is 3.72. The van der Waals surface area contributed by atoms with Gasteiger partial charge >= 0.3 is 0 Å². The molecule has 5 heteroatoms. The molecular formula is C14H11BrFN3. The van der Waals surface area contributed by atoms with E-state index >= 15 is 0 Å². The van der Waals surface area contributed by atoms with Crippen molar-refractivity contribution < 1.29 is 4.39 Å². The number of hydrogen-bond acceptors (Lipinski definition) is 2. The molecule has 0 saturated heterocycles. The van der Waals surface area contributed by atoms with Crippen LogP contribution in [0.25, 0.3) is 22.4 Å². The Hall–Kier alpha value is -1.88. The normalized spacial score (nSPS) is 11.1. The Kier molecular flexibility index (Phi) is 2.78. The molecule has 0 fully saturated rings. The summed E-state index contributed by atoms with van der Waals surface area (Å²) in [6, 6.07) is 10.5. The average molecular weight is 320 g/mol. The van der Waals surface area contributed by atoms with E-state index in [2.05, 4.69) is 20.9 Å². The Morgan fingerprint density at radius 2 is 2.05 bits per heavy atom. The quantitative estimate of drug-likeness (QED) is 0.695. The maximum Gasteiger partial charge on any atom is 0.151 e. The molecule has 1 heterocycles. The maximum absolute atomic E-state index is 13.7. The molecule has 0 atom stereocenters. The van der Waals surface area contributed by atoms with Crippen LogP contribution in [0.3, 0.4) is 0 Å². The molecule has 3 nitrogen and oxygen atoms in total. The summed E-state index contributed by atoms with van der Waals surface area (Å²) in [5.41, 5.74) is 8.47. The molecule has 1 aromatic heterocycles. The topological polar surface area (TPSA) is 43.8 Å². The van der Waals surface area contributed by atoms with Crippen molar-refractivity contribution in [1.82, 2.24) is 9.55 Å². The molecule has 0 aliphatic carbocycles. The number of nitrogens with zero attached hydrogens (tertiary/aromatic N) is 2. The van der Waals surface area contributed by atoms with Gasteiger partial charge in [-0.15, -0.1) is 0 Å². The third kappa shape index (κ3) is 1.90. The summed E-state index contributed by atoms with van der Waals surface area (Å²) >= 11 is 3.39. The Balaban J connectivity index is 2.28. The fraction of sp³-hybridized carbons (Fsp3) is 0.0714. The van der Waals surface area contributed by atoms with Crippen molar-refractivity contribution in [3.05, 3.63) is 46.7 Å². The van der Waals surface area contributed by atoms with Gasteiger partial charge in [0.2, 0.25) is 0 Å². The SMILES string of the molecule is Cn1c(-c2ccc(N)c(Br)c2)nc2c(F)cccc21. The number of imidazole rings is 1. The summed E-state index contributed by atoms with van der Waals surface area (Å²) < 4.78 is 16.4. The number of para-hydroxylation sites is 1. The van der Waals surface area contributed by atoms with E-state index in [1.165, 1.54) is 6.07 Å². The molecule has 0 unspecified atom stereocenters. The van der Waals surface area contributed by atoms with Crippen molar-refractivity contribution in [3.63, 3.8) is 0 Å². The first-order valence-corrected chi connectivity index (χ1v) is 6.53. The molecule has 0 aliphatic heterocycles. The predicted molar refractivity (Wildman–Crippen MR) is 78.2 cm³/mol. The van der Waals surface area contributed by atoms with E-state index in [0.29, 0.717) is 17.0 Å². The molecule has 0 amide bonds. The Bertz CT molecular complexity index is 780. The third-order valence-electron chi connectivity index (χ3n) is 3.12. The van der Waals surface area contributed by atoms with E-state index in [1.54, 1.807) is 12.1 Å². The van der Waals surface area contributed by atoms with Crippen LogP contribution in [0.5, 0.6) is 0 Å². The number of benzene rings is 2. The molecule has 96 valence electrons. The van der Waals surface area contributed by atoms with Crippen LogP contribution in [-0.2, 0) is 7.05 Å². The Morgan fingerprint density at radius 1 is 1.26 bits per heavy atom. The highest BCUT2D eigenvalue weighted by molar-refractivity contribution is 9.10. The van der Waals surface area contributed by atoms with Gasteiger partial charge in [0, 0.05) is 22.8 Å². The molecule has 0 saturated carbocycles. The molecule has 3 aromatic rings. The molecule has 0 aliphatic rings. The van der Waals surface area contributed by atoms with Crippen molar-refractivity contribution in [2.75, 3.05) is 5.73 Å². The number of halogens is 2. The first-order chi connectivity index (χ1) is 9.08. The zero-order valence-electron chi connectivity index (χ0n) is 10.2. The Morgan fingerprint density at radius 3 is 2.74 bits per heavy atom. The number of nitrogens with two attached hydrogens (primary N) is 1. The molecule has 0 radical (unpaired) electrons. The summed E-state index contributed by atoms with van der Waals surface area (Å²) in [6.45, 7) is 0. The van der Waals surface area contributed by atoms with Crippen LogP contribution in [0, 0.1) is 5.82 Å². The van der Waals surface area contributed by atoms with Crippen molar-refractivity contribution in [3.8, 4) is 11.4 Å². The summed E-state index contributed by atoms with van der Waals surface area (Å²) in [5.74, 6) is 0.398. The van der Waals surface area contributed by atoms with Gasteiger partial charge in [-0.1, -0.05) is 6.07 Å². The summed E-state index contributed by atoms with van der Waals surface area (Å²) in [4.78, 5) is 4.38. The molecule has 2 N–H and O–H groups in total. The van der Waals surface area contributed by atoms with E-state index in [4.69, 9.17) is 5.73 Å². The molecular weight excluding hydrogens is 309 g/mol. The van der Waals surface area contributed by atoms with E-state index in [-0.39, 0.29) is 5.82 Å². The lowest BCUT2D eigenvalue weighted by atomic mass is 10.2. The van der Waals surface area contributed by atoms with Crippen LogP contribution in [0.2, 0.25) is 0 Å². The number of rotatable bonds is 1. The van der Waals surface area contributed by atoms with Crippen LogP contribution >= 0.6 is 15.9 Å². The number of aryl methyl sites for hydroxylation is 1. The highest BCUT2D eigenvalue weighted by Gasteiger charge is 2.13. The van der Waals surface area contributed by atoms with Gasteiger partial charge in [0.25, 0.3) is 0 Å². The fourth-order valence-corrected chi connectivity index (χ4v) is 2.48. The van der Waals surface area contributed by atoms with Gasteiger partial charge in [-0.2, -0.15) is 0 Å². The van der Waals surface area contributed by atoms with Gasteiger partial charge in [0.05, 0.1) is 5.52 Å². The molecule has 3 rings (SSSR count). The number of nitrogen functional groups attached to an aromatic ring is 1. The van der Waals surface area contributed by atoms with Crippen LogP contribution in [0.4, 0.5) is 10.1 Å². The van der Waals surface area contributed by atoms with E-state index < -0.39 is 0 Å². The lowest BCUT2D eigenvalue weighted by Gasteiger charge is -2.04. The first-order valence-electron chi connectivity index (χ1n) is 5.74. The highest BCUT2D eigenvalue weighted by atomic mass is 79.9. The van der Waals surface area contributed by atoms with Gasteiger partial charge in [-0.05, 0) is 46.3 Å². The third-order valence-corrected chi connectivity index (χ3v) is 3.81. The van der Waals surface area contributed by atoms with E-state index in [1.807, 2.05) is 29.8 Å². The minimum Gasteiger partial charge on any atom is -0.398 e. The van der Waals surface area contributed by atoms with Gasteiger partial charge in [-0.3, -0.25) is 0 Å². The number of aromatic nitrogens is 2. The van der Waals surface area contributed by atoms with Crippen LogP contribution in [0.15, 0.2) is 40.9 Å². The van der Waals surface area contributed by atoms with Crippen molar-refractivity contribution >= 4 is 32.7 Å². The summed E-state index contributed by atoms with van der Waals surface area (Å²) in [5, 5.41) is 0. The minimum absolute atomic E-state index is 0.311. The second-order valence-corrected chi connectivity index (χ2v) is 5.19. The zero-order valence-corrected chi connectivity index (χ0v) is 11.8. The minimum atomic E-state index is -0.311. The van der Waals surface area contributed by atoms with Crippen LogP contribution < -0.4 is 5.73 Å². The van der Waals surface area contributed by atoms with Crippen molar-refractivity contribution in [2.24, 2.45) is 7.05 Å². The van der Waals surface area contributed by atoms with Crippen LogP contribution in [0.1, 0.15) is 0 Å². The summed E-state index contributed by atoms with van der Waals surface area (Å²) in [6.07, 6.45) is 0. The highest BCUT2D eigenvalue weighted by Crippen LogP contribution is 2.29. The Labute approximate surface area is 118 Å². The number of anilines is 1. The van der Waals surface area contributed by atoms with E-state index in [0.717, 1.165) is 15.6 Å². The molecule has 0 bridgehead atoms. The lowest BCUT2D eigenvalue weighted by molar-refractivity contribution is 0.637. The van der Waals surface area contributed by atoms with Crippen molar-refractivity contribution in [2.45, 2.75) is 0 Å². The second-order valence-electron chi connectivity index (χ2n) is 4.34. The molecule has 0 spiro atoms. The van der Waals surface area contributed by atoms with Gasteiger partial charge in [0.15, 0.2) is 5.82 Å². The van der Waals surface area contributed by atoms with Crippen molar-refractivity contribution in [1.29, 1.82) is 0 Å². The van der Waals surface area contributed by atoms with Gasteiger partial charge in [0.1, 0.15) is 11.3 Å². The van der Waals surface area contributed by atoms with E-state index in [9.17, 15) is 4.39 Å². The monoisotopic (exact) mass is 319 g/mol. The average Bonchev–Trinajstić information content (AvgIpc) is 2.72. The number of hydrogen-bond donors (Lipinski definition) is 1. The lowest BCUT2D eigenvalue weighted by Crippen LogP contribution is -1.93. The smallest absolute Gasteiger partial charge is 0.151 e. The summed E-state index contributed by atoms with van der Waals surface area (Å²) in [7, 11) is 1.87. The number of fused-ring (bicyclic) bond motifs is 1. The molecule has 19 heavy (non-hydrogen) atoms.